The van der Waals surface area contributed by atoms with Crippen molar-refractivity contribution in [2.45, 2.75) is 53.6 Å². The molecule has 2 N–H and O–H groups in total. The summed E-state index contributed by atoms with van der Waals surface area (Å²) in [4.78, 5) is 11.6. The highest BCUT2D eigenvalue weighted by atomic mass is 16.6. The minimum atomic E-state index is -0.409. The molecule has 15 heavy (non-hydrogen) atoms. The molecule has 0 saturated heterocycles. The van der Waals surface area contributed by atoms with Crippen molar-refractivity contribution < 1.29 is 9.53 Å². The van der Waals surface area contributed by atoms with Crippen LogP contribution in [0, 0.1) is 11.3 Å². The van der Waals surface area contributed by atoms with Crippen molar-refractivity contribution in [3.8, 4) is 0 Å². The number of ether oxygens (including phenoxy) is 1. The Bertz CT molecular complexity index is 211. The van der Waals surface area contributed by atoms with Gasteiger partial charge in [0.15, 0.2) is 0 Å². The Kier molecular flexibility index (Phi) is 4.78. The van der Waals surface area contributed by atoms with E-state index >= 15 is 0 Å². The molecule has 0 radical (unpaired) electrons. The van der Waals surface area contributed by atoms with E-state index in [1.165, 1.54) is 0 Å². The van der Waals surface area contributed by atoms with Crippen molar-refractivity contribution >= 4 is 5.97 Å². The quantitative estimate of drug-likeness (QED) is 0.735. The van der Waals surface area contributed by atoms with Gasteiger partial charge in [0.05, 0.1) is 6.42 Å². The van der Waals surface area contributed by atoms with Gasteiger partial charge in [0.2, 0.25) is 0 Å². The molecule has 0 aliphatic carbocycles. The zero-order chi connectivity index (χ0) is 12.3. The molecule has 0 bridgehead atoms. The molecule has 0 aromatic carbocycles. The second-order valence-corrected chi connectivity index (χ2v) is 6.09. The van der Waals surface area contributed by atoms with E-state index < -0.39 is 5.60 Å². The zero-order valence-corrected chi connectivity index (χ0v) is 10.9. The van der Waals surface area contributed by atoms with Gasteiger partial charge in [0.1, 0.15) is 5.60 Å². The van der Waals surface area contributed by atoms with Crippen molar-refractivity contribution in [2.24, 2.45) is 17.1 Å². The summed E-state index contributed by atoms with van der Waals surface area (Å²) in [5, 5.41) is 0. The van der Waals surface area contributed by atoms with Crippen LogP contribution in [0.1, 0.15) is 48.0 Å². The normalized spacial score (nSPS) is 14.9. The van der Waals surface area contributed by atoms with E-state index in [1.807, 2.05) is 20.8 Å². The fraction of sp³-hybridized carbons (Fsp3) is 0.917. The Balaban J connectivity index is 4.27. The van der Waals surface area contributed by atoms with Crippen LogP contribution < -0.4 is 5.73 Å². The first-order valence-electron chi connectivity index (χ1n) is 5.48. The first-order chi connectivity index (χ1) is 6.56. The summed E-state index contributed by atoms with van der Waals surface area (Å²) in [5.41, 5.74) is 5.30. The average Bonchev–Trinajstić information content (AvgIpc) is 1.94. The molecule has 0 saturated carbocycles. The van der Waals surface area contributed by atoms with Crippen LogP contribution in [-0.2, 0) is 9.53 Å². The number of carbonyl (C=O) groups is 1. The summed E-state index contributed by atoms with van der Waals surface area (Å²) >= 11 is 0. The van der Waals surface area contributed by atoms with E-state index in [-0.39, 0.29) is 17.3 Å². The Morgan fingerprint density at radius 2 is 1.67 bits per heavy atom. The average molecular weight is 215 g/mol. The number of hydrogen-bond acceptors (Lipinski definition) is 3. The molecule has 0 aliphatic rings. The van der Waals surface area contributed by atoms with Gasteiger partial charge in [0.25, 0.3) is 0 Å². The molecule has 0 heterocycles. The highest BCUT2D eigenvalue weighted by Gasteiger charge is 2.27. The number of hydrogen-bond donors (Lipinski definition) is 1. The van der Waals surface area contributed by atoms with Gasteiger partial charge in [-0.25, -0.2) is 0 Å². The summed E-state index contributed by atoms with van der Waals surface area (Å²) in [6, 6.07) is 0. The lowest BCUT2D eigenvalue weighted by Crippen LogP contribution is -2.33. The predicted molar refractivity (Wildman–Crippen MR) is 62.5 cm³/mol. The molecule has 0 fully saturated rings. The second-order valence-electron chi connectivity index (χ2n) is 6.09. The summed E-state index contributed by atoms with van der Waals surface area (Å²) < 4.78 is 5.27. The Morgan fingerprint density at radius 3 is 1.93 bits per heavy atom. The van der Waals surface area contributed by atoms with Gasteiger partial charge < -0.3 is 10.5 Å². The standard InChI is InChI=1S/C12H25NO2/c1-11(2,3)9(8-13)7-10(14)15-12(4,5)6/h9H,7-8,13H2,1-6H3/t9-/m1/s1. The Morgan fingerprint density at radius 1 is 1.20 bits per heavy atom. The number of nitrogens with two attached hydrogens (primary N) is 1. The van der Waals surface area contributed by atoms with Gasteiger partial charge in [0, 0.05) is 0 Å². The van der Waals surface area contributed by atoms with Crippen molar-refractivity contribution in [3.05, 3.63) is 0 Å². The zero-order valence-electron chi connectivity index (χ0n) is 10.9. The lowest BCUT2D eigenvalue weighted by atomic mass is 9.79. The molecule has 1 atom stereocenters. The Labute approximate surface area is 93.4 Å². The minimum absolute atomic E-state index is 0.0473. The van der Waals surface area contributed by atoms with Crippen LogP contribution in [0.2, 0.25) is 0 Å². The van der Waals surface area contributed by atoms with Crippen LogP contribution >= 0.6 is 0 Å². The van der Waals surface area contributed by atoms with Gasteiger partial charge >= 0.3 is 5.97 Å². The number of rotatable bonds is 3. The highest BCUT2D eigenvalue weighted by molar-refractivity contribution is 5.70. The van der Waals surface area contributed by atoms with E-state index in [0.717, 1.165) is 0 Å². The largest absolute Gasteiger partial charge is 0.460 e. The van der Waals surface area contributed by atoms with Crippen LogP contribution in [0.3, 0.4) is 0 Å². The molecule has 0 unspecified atom stereocenters. The van der Waals surface area contributed by atoms with Crippen LogP contribution in [-0.4, -0.2) is 18.1 Å². The molecule has 3 heteroatoms. The van der Waals surface area contributed by atoms with E-state index in [1.54, 1.807) is 0 Å². The number of carbonyl (C=O) groups excluding carboxylic acids is 1. The van der Waals surface area contributed by atoms with Crippen LogP contribution in [0.25, 0.3) is 0 Å². The second kappa shape index (κ2) is 4.97. The van der Waals surface area contributed by atoms with Crippen molar-refractivity contribution in [2.75, 3.05) is 6.54 Å². The molecule has 0 spiro atoms. The van der Waals surface area contributed by atoms with E-state index in [4.69, 9.17) is 10.5 Å². The molecule has 0 rings (SSSR count). The maximum absolute atomic E-state index is 11.6. The van der Waals surface area contributed by atoms with Gasteiger partial charge in [-0.2, -0.15) is 0 Å². The maximum atomic E-state index is 11.6. The van der Waals surface area contributed by atoms with E-state index in [0.29, 0.717) is 13.0 Å². The third-order valence-electron chi connectivity index (χ3n) is 2.34. The van der Waals surface area contributed by atoms with Gasteiger partial charge in [-0.3, -0.25) is 4.79 Å². The lowest BCUT2D eigenvalue weighted by Gasteiger charge is -2.30. The molecular weight excluding hydrogens is 190 g/mol. The molecule has 0 amide bonds. The first kappa shape index (κ1) is 14.4. The maximum Gasteiger partial charge on any atom is 0.306 e. The van der Waals surface area contributed by atoms with Crippen LogP contribution in [0.4, 0.5) is 0 Å². The third-order valence-corrected chi connectivity index (χ3v) is 2.34. The number of esters is 1. The third kappa shape index (κ3) is 6.50. The summed E-state index contributed by atoms with van der Waals surface area (Å²) in [6.07, 6.45) is 0.400. The molecule has 0 aromatic heterocycles. The Hall–Kier alpha value is -0.570. The van der Waals surface area contributed by atoms with Crippen molar-refractivity contribution in [3.63, 3.8) is 0 Å². The van der Waals surface area contributed by atoms with E-state index in [2.05, 4.69) is 20.8 Å². The van der Waals surface area contributed by atoms with Crippen molar-refractivity contribution in [1.29, 1.82) is 0 Å². The fourth-order valence-corrected chi connectivity index (χ4v) is 1.33. The van der Waals surface area contributed by atoms with Gasteiger partial charge in [-0.1, -0.05) is 20.8 Å². The molecular formula is C12H25NO2. The summed E-state index contributed by atoms with van der Waals surface area (Å²) in [7, 11) is 0. The predicted octanol–water partition coefficient (Wildman–Crippen LogP) is 2.34. The van der Waals surface area contributed by atoms with Gasteiger partial charge in [-0.15, -0.1) is 0 Å². The van der Waals surface area contributed by atoms with Gasteiger partial charge in [-0.05, 0) is 38.6 Å². The fourth-order valence-electron chi connectivity index (χ4n) is 1.33. The topological polar surface area (TPSA) is 52.3 Å². The molecule has 0 aliphatic heterocycles. The van der Waals surface area contributed by atoms with Crippen molar-refractivity contribution in [1.82, 2.24) is 0 Å². The smallest absolute Gasteiger partial charge is 0.306 e. The highest BCUT2D eigenvalue weighted by Crippen LogP contribution is 2.28. The minimum Gasteiger partial charge on any atom is -0.460 e. The summed E-state index contributed by atoms with van der Waals surface area (Å²) in [5.74, 6) is 0.0141. The molecule has 90 valence electrons. The van der Waals surface area contributed by atoms with Crippen LogP contribution in [0.15, 0.2) is 0 Å². The summed E-state index contributed by atoms with van der Waals surface area (Å²) in [6.45, 7) is 12.4. The molecule has 0 aromatic rings. The SMILES string of the molecule is CC(C)(C)OC(=O)C[C@H](CN)C(C)(C)C. The molecule has 3 nitrogen and oxygen atoms in total. The van der Waals surface area contributed by atoms with Crippen LogP contribution in [0.5, 0.6) is 0 Å². The monoisotopic (exact) mass is 215 g/mol. The van der Waals surface area contributed by atoms with E-state index in [9.17, 15) is 4.79 Å². The first-order valence-corrected chi connectivity index (χ1v) is 5.48. The lowest BCUT2D eigenvalue weighted by molar-refractivity contribution is -0.156.